The lowest BCUT2D eigenvalue weighted by Crippen LogP contribution is -2.61. The Kier molecular flexibility index (Phi) is 9.03. The summed E-state index contributed by atoms with van der Waals surface area (Å²) in [4.78, 5) is 7.35. The first kappa shape index (κ1) is 42.7. The molecule has 2 aliphatic heterocycles. The molecule has 0 radical (unpaired) electrons. The van der Waals surface area contributed by atoms with Gasteiger partial charge in [0.25, 0.3) is 6.71 Å². The average molecular weight is 935 g/mol. The van der Waals surface area contributed by atoms with Gasteiger partial charge in [0.1, 0.15) is 0 Å². The second-order valence-electron chi connectivity index (χ2n) is 26.2. The standard InChI is InChI=1S/C67H74BN3/c1-41-32-58-61-59(33-41)71(55-37-50-48(34-42(55)2)64(8,9)39-66(50,12)13)57-38-51-49(65(10,11)40-67(51,14)15)36-53(57)68(61)52-28-26-46(69(44-22-18-16-19-23-44)45-24-20-17-21-25-45)35-56(52)70(58)54-29-27-47-60(43(54)3)63(6,7)31-30-62(47,4)5/h16-29,32-38H,30-31,39-40H2,1-15H3/i1D3. The Bertz CT molecular complexity index is 3450. The van der Waals surface area contributed by atoms with Crippen molar-refractivity contribution in [3.05, 3.63) is 177 Å². The molecule has 7 aromatic rings. The van der Waals surface area contributed by atoms with E-state index in [0.717, 1.165) is 82.3 Å². The van der Waals surface area contributed by atoms with Crippen molar-refractivity contribution in [2.75, 3.05) is 14.7 Å². The second-order valence-corrected chi connectivity index (χ2v) is 26.2. The maximum atomic E-state index is 9.33. The van der Waals surface area contributed by atoms with Crippen molar-refractivity contribution < 1.29 is 4.11 Å². The summed E-state index contributed by atoms with van der Waals surface area (Å²) in [6.07, 6.45) is 4.31. The summed E-state index contributed by atoms with van der Waals surface area (Å²) in [5.41, 5.74) is 24.1. The van der Waals surface area contributed by atoms with Crippen LogP contribution in [-0.4, -0.2) is 6.71 Å². The van der Waals surface area contributed by atoms with Gasteiger partial charge in [-0.3, -0.25) is 0 Å². The molecule has 4 heteroatoms. The van der Waals surface area contributed by atoms with Crippen molar-refractivity contribution in [3.8, 4) is 0 Å². The van der Waals surface area contributed by atoms with E-state index in [1.165, 1.54) is 55.4 Å². The van der Waals surface area contributed by atoms with Gasteiger partial charge in [0.2, 0.25) is 0 Å². The Labute approximate surface area is 430 Å². The summed E-state index contributed by atoms with van der Waals surface area (Å²) >= 11 is 0. The third kappa shape index (κ3) is 6.74. The molecule has 3 nitrogen and oxygen atoms in total. The lowest BCUT2D eigenvalue weighted by atomic mass is 9.33. The van der Waals surface area contributed by atoms with E-state index in [1.807, 2.05) is 12.1 Å². The van der Waals surface area contributed by atoms with Gasteiger partial charge in [-0.1, -0.05) is 144 Å². The Morgan fingerprint density at radius 3 is 1.52 bits per heavy atom. The predicted octanol–water partition coefficient (Wildman–Crippen LogP) is 16.4. The van der Waals surface area contributed by atoms with E-state index in [9.17, 15) is 4.11 Å². The first-order chi connectivity index (χ1) is 34.6. The van der Waals surface area contributed by atoms with Crippen LogP contribution in [0.15, 0.2) is 127 Å². The fourth-order valence-electron chi connectivity index (χ4n) is 15.3. The minimum atomic E-state index is -2.39. The van der Waals surface area contributed by atoms with Crippen molar-refractivity contribution in [1.82, 2.24) is 0 Å². The van der Waals surface area contributed by atoms with E-state index in [4.69, 9.17) is 0 Å². The zero-order valence-electron chi connectivity index (χ0n) is 47.9. The number of nitrogens with zero attached hydrogens (tertiary/aromatic N) is 3. The summed E-state index contributed by atoms with van der Waals surface area (Å²) in [5.74, 6) is 0. The number of aryl methyl sites for hydroxylation is 2. The van der Waals surface area contributed by atoms with Crippen LogP contribution in [0.4, 0.5) is 51.2 Å². The zero-order valence-corrected chi connectivity index (χ0v) is 44.9. The molecule has 0 N–H and O–H groups in total. The molecule has 7 aromatic carbocycles. The monoisotopic (exact) mass is 935 g/mol. The summed E-state index contributed by atoms with van der Waals surface area (Å²) in [6.45, 7) is 30.9. The van der Waals surface area contributed by atoms with Crippen LogP contribution in [-0.2, 0) is 32.5 Å². The molecule has 360 valence electrons. The van der Waals surface area contributed by atoms with Gasteiger partial charge < -0.3 is 14.7 Å². The molecule has 0 saturated heterocycles. The normalized spacial score (nSPS) is 20.4. The fraction of sp³-hybridized carbons (Fsp3) is 0.373. The van der Waals surface area contributed by atoms with Gasteiger partial charge in [0, 0.05) is 55.3 Å². The molecule has 3 aliphatic carbocycles. The lowest BCUT2D eigenvalue weighted by molar-refractivity contribution is 0.330. The molecular weight excluding hydrogens is 858 g/mol. The van der Waals surface area contributed by atoms with E-state index in [0.29, 0.717) is 5.56 Å². The highest BCUT2D eigenvalue weighted by molar-refractivity contribution is 7.00. The summed E-state index contributed by atoms with van der Waals surface area (Å²) in [6, 6.07) is 47.4. The third-order valence-corrected chi connectivity index (χ3v) is 18.2. The maximum absolute atomic E-state index is 9.33. The summed E-state index contributed by atoms with van der Waals surface area (Å²) in [5, 5.41) is 0. The van der Waals surface area contributed by atoms with Gasteiger partial charge in [-0.25, -0.2) is 0 Å². The Hall–Kier alpha value is -6.00. The van der Waals surface area contributed by atoms with Crippen LogP contribution < -0.4 is 31.1 Å². The van der Waals surface area contributed by atoms with Gasteiger partial charge in [-0.15, -0.1) is 0 Å². The molecule has 0 fully saturated rings. The van der Waals surface area contributed by atoms with Crippen LogP contribution >= 0.6 is 0 Å². The van der Waals surface area contributed by atoms with Gasteiger partial charge in [-0.05, 0) is 212 Å². The molecule has 0 unspecified atom stereocenters. The largest absolute Gasteiger partial charge is 0.311 e. The number of fused-ring (bicyclic) bond motifs is 7. The topological polar surface area (TPSA) is 9.72 Å². The van der Waals surface area contributed by atoms with Crippen LogP contribution in [0, 0.1) is 20.7 Å². The summed E-state index contributed by atoms with van der Waals surface area (Å²) in [7, 11) is 0. The number of anilines is 9. The molecule has 5 aliphatic rings. The van der Waals surface area contributed by atoms with Crippen LogP contribution in [0.25, 0.3) is 0 Å². The zero-order chi connectivity index (χ0) is 52.6. The van der Waals surface area contributed by atoms with Crippen molar-refractivity contribution in [2.45, 2.75) is 162 Å². The van der Waals surface area contributed by atoms with Crippen molar-refractivity contribution >= 4 is 74.3 Å². The van der Waals surface area contributed by atoms with E-state index in [1.54, 1.807) is 0 Å². The van der Waals surface area contributed by atoms with Crippen molar-refractivity contribution in [3.63, 3.8) is 0 Å². The van der Waals surface area contributed by atoms with Gasteiger partial charge in [0.05, 0.1) is 0 Å². The molecule has 0 atom stereocenters. The number of rotatable bonds is 5. The first-order valence-electron chi connectivity index (χ1n) is 27.9. The van der Waals surface area contributed by atoms with E-state index < -0.39 is 6.85 Å². The van der Waals surface area contributed by atoms with E-state index in [2.05, 4.69) is 227 Å². The molecule has 12 rings (SSSR count). The van der Waals surface area contributed by atoms with E-state index in [-0.39, 0.29) is 39.2 Å². The molecule has 0 spiro atoms. The third-order valence-electron chi connectivity index (χ3n) is 18.2. The first-order valence-corrected chi connectivity index (χ1v) is 26.4. The van der Waals surface area contributed by atoms with Gasteiger partial charge in [-0.2, -0.15) is 0 Å². The van der Waals surface area contributed by atoms with Crippen molar-refractivity contribution in [1.29, 1.82) is 0 Å². The Balaban J connectivity index is 1.23. The second kappa shape index (κ2) is 15.0. The highest BCUT2D eigenvalue weighted by atomic mass is 15.2. The number of benzene rings is 7. The van der Waals surface area contributed by atoms with Gasteiger partial charge in [0.15, 0.2) is 0 Å². The SMILES string of the molecule is [2H]C([2H])([2H])c1cc2c3c(c1)N(c1ccc4c(c1C)C(C)(C)CCC4(C)C)c1cc(N(c4ccccc4)c4ccccc4)ccc1B3c1cc3c(cc1N2c1cc2c(cc1C)C(C)(C)CC2(C)C)C(C)(C)CC3(C)C. The molecule has 2 heterocycles. The minimum Gasteiger partial charge on any atom is -0.311 e. The van der Waals surface area contributed by atoms with Crippen LogP contribution in [0.1, 0.15) is 163 Å². The maximum Gasteiger partial charge on any atom is 0.252 e. The quantitative estimate of drug-likeness (QED) is 0.159. The molecule has 71 heavy (non-hydrogen) atoms. The molecule has 0 bridgehead atoms. The number of hydrogen-bond acceptors (Lipinski definition) is 3. The molecular formula is C67H74BN3. The van der Waals surface area contributed by atoms with Crippen LogP contribution in [0.2, 0.25) is 0 Å². The predicted molar refractivity (Wildman–Crippen MR) is 306 cm³/mol. The Morgan fingerprint density at radius 2 is 0.944 bits per heavy atom. The van der Waals surface area contributed by atoms with E-state index >= 15 is 0 Å². The number of para-hydroxylation sites is 2. The van der Waals surface area contributed by atoms with Crippen molar-refractivity contribution in [2.24, 2.45) is 0 Å². The van der Waals surface area contributed by atoms with Crippen LogP contribution in [0.3, 0.4) is 0 Å². The Morgan fingerprint density at radius 1 is 0.437 bits per heavy atom. The molecule has 0 saturated carbocycles. The minimum absolute atomic E-state index is 0.0166. The lowest BCUT2D eigenvalue weighted by Gasteiger charge is -2.47. The molecule has 0 amide bonds. The smallest absolute Gasteiger partial charge is 0.252 e. The van der Waals surface area contributed by atoms with Gasteiger partial charge >= 0.3 is 0 Å². The summed E-state index contributed by atoms with van der Waals surface area (Å²) < 4.78 is 28.0. The molecule has 0 aromatic heterocycles. The fourth-order valence-corrected chi connectivity index (χ4v) is 15.3. The highest BCUT2D eigenvalue weighted by Crippen LogP contribution is 2.57. The highest BCUT2D eigenvalue weighted by Gasteiger charge is 2.50. The number of hydrogen-bond donors (Lipinski definition) is 0. The average Bonchev–Trinajstić information content (AvgIpc) is 3.68. The van der Waals surface area contributed by atoms with Crippen LogP contribution in [0.5, 0.6) is 0 Å².